The highest BCUT2D eigenvalue weighted by Gasteiger charge is 2.50. The van der Waals surface area contributed by atoms with Gasteiger partial charge in [-0.05, 0) is 30.0 Å². The molecule has 1 amide bonds. The molecule has 1 aromatic rings. The minimum atomic E-state index is 0.138. The summed E-state index contributed by atoms with van der Waals surface area (Å²) in [6.45, 7) is 0. The van der Waals surface area contributed by atoms with Gasteiger partial charge in [-0.3, -0.25) is 9.59 Å². The summed E-state index contributed by atoms with van der Waals surface area (Å²) in [4.78, 5) is 24.5. The molecule has 4 nitrogen and oxygen atoms in total. The summed E-state index contributed by atoms with van der Waals surface area (Å²) >= 11 is 0. The molecule has 1 saturated carbocycles. The molecule has 0 aromatic heterocycles. The van der Waals surface area contributed by atoms with Crippen LogP contribution in [0.25, 0.3) is 0 Å². The number of hydrogen-bond donors (Lipinski definition) is 0. The van der Waals surface area contributed by atoms with E-state index in [1.165, 1.54) is 0 Å². The van der Waals surface area contributed by atoms with Gasteiger partial charge < -0.3 is 9.64 Å². The largest absolute Gasteiger partial charge is 0.496 e. The van der Waals surface area contributed by atoms with Crippen molar-refractivity contribution in [2.24, 2.45) is 5.92 Å². The first-order valence-corrected chi connectivity index (χ1v) is 5.62. The zero-order valence-electron chi connectivity index (χ0n) is 9.77. The summed E-state index contributed by atoms with van der Waals surface area (Å²) in [7, 11) is 3.31. The predicted molar refractivity (Wildman–Crippen MR) is 62.6 cm³/mol. The summed E-state index contributed by atoms with van der Waals surface area (Å²) in [6.07, 6.45) is 1.68. The highest BCUT2D eigenvalue weighted by Crippen LogP contribution is 2.55. The van der Waals surface area contributed by atoms with Crippen molar-refractivity contribution in [1.29, 1.82) is 0 Å². The van der Waals surface area contributed by atoms with E-state index in [1.54, 1.807) is 25.1 Å². The minimum absolute atomic E-state index is 0.138. The number of carbonyl (C=O) groups excluding carboxylic acids is 2. The standard InChI is InChI=1S/C13H13NO3/c1-14-11-3-7(6-15)12(17-2)5-9(11)8-4-10(8)13(14)16/h3,5-6,8,10H,4H2,1-2H3/t8?,10-/m0/s1. The number of benzene rings is 1. The first-order chi connectivity index (χ1) is 8.17. The lowest BCUT2D eigenvalue weighted by atomic mass is 9.98. The van der Waals surface area contributed by atoms with Crippen LogP contribution in [0.3, 0.4) is 0 Å². The summed E-state index contributed by atoms with van der Waals surface area (Å²) < 4.78 is 5.20. The first kappa shape index (κ1) is 10.3. The van der Waals surface area contributed by atoms with Crippen molar-refractivity contribution in [3.8, 4) is 5.75 Å². The molecule has 2 aliphatic rings. The van der Waals surface area contributed by atoms with Gasteiger partial charge in [-0.25, -0.2) is 0 Å². The molecule has 17 heavy (non-hydrogen) atoms. The van der Waals surface area contributed by atoms with Gasteiger partial charge in [0.15, 0.2) is 6.29 Å². The smallest absolute Gasteiger partial charge is 0.230 e. The molecule has 0 bridgehead atoms. The molecule has 0 saturated heterocycles. The maximum absolute atomic E-state index is 11.9. The zero-order valence-corrected chi connectivity index (χ0v) is 9.77. The minimum Gasteiger partial charge on any atom is -0.496 e. The fourth-order valence-electron chi connectivity index (χ4n) is 2.64. The van der Waals surface area contributed by atoms with Crippen LogP contribution in [0.1, 0.15) is 28.3 Å². The van der Waals surface area contributed by atoms with Gasteiger partial charge in [0.2, 0.25) is 5.91 Å². The topological polar surface area (TPSA) is 46.6 Å². The lowest BCUT2D eigenvalue weighted by Crippen LogP contribution is -2.32. The van der Waals surface area contributed by atoms with Crippen LogP contribution in [0.15, 0.2) is 12.1 Å². The number of carbonyl (C=O) groups is 2. The highest BCUT2D eigenvalue weighted by molar-refractivity contribution is 6.02. The molecular formula is C13H13NO3. The lowest BCUT2D eigenvalue weighted by Gasteiger charge is -2.26. The number of hydrogen-bond acceptors (Lipinski definition) is 3. The second kappa shape index (κ2) is 3.32. The Labute approximate surface area is 99.2 Å². The number of amides is 1. The van der Waals surface area contributed by atoms with Gasteiger partial charge in [-0.1, -0.05) is 0 Å². The molecule has 1 unspecified atom stereocenters. The molecule has 0 N–H and O–H groups in total. The number of ether oxygens (including phenoxy) is 1. The van der Waals surface area contributed by atoms with Crippen LogP contribution in [0.4, 0.5) is 5.69 Å². The quantitative estimate of drug-likeness (QED) is 0.726. The van der Waals surface area contributed by atoms with Gasteiger partial charge in [-0.2, -0.15) is 0 Å². The van der Waals surface area contributed by atoms with Crippen LogP contribution in [0, 0.1) is 5.92 Å². The van der Waals surface area contributed by atoms with E-state index >= 15 is 0 Å². The average Bonchev–Trinajstić information content (AvgIpc) is 3.14. The van der Waals surface area contributed by atoms with E-state index in [4.69, 9.17) is 4.74 Å². The van der Waals surface area contributed by atoms with Crippen LogP contribution in [0.2, 0.25) is 0 Å². The number of aldehydes is 1. The SMILES string of the molecule is COc1cc2c(cc1C=O)N(C)C(=O)[C@H]1CC21. The number of nitrogens with zero attached hydrogens (tertiary/aromatic N) is 1. The fraction of sp³-hybridized carbons (Fsp3) is 0.385. The van der Waals surface area contributed by atoms with Crippen LogP contribution < -0.4 is 9.64 Å². The van der Waals surface area contributed by atoms with Crippen molar-refractivity contribution in [1.82, 2.24) is 0 Å². The first-order valence-electron chi connectivity index (χ1n) is 5.62. The number of anilines is 1. The molecule has 1 aromatic carbocycles. The Balaban J connectivity index is 2.18. The Morgan fingerprint density at radius 2 is 2.18 bits per heavy atom. The molecule has 1 aliphatic heterocycles. The van der Waals surface area contributed by atoms with Crippen molar-refractivity contribution in [3.63, 3.8) is 0 Å². The van der Waals surface area contributed by atoms with E-state index in [9.17, 15) is 9.59 Å². The second-order valence-corrected chi connectivity index (χ2v) is 4.62. The predicted octanol–water partition coefficient (Wildman–Crippen LogP) is 1.59. The third kappa shape index (κ3) is 1.30. The van der Waals surface area contributed by atoms with Crippen LogP contribution in [-0.2, 0) is 4.79 Å². The van der Waals surface area contributed by atoms with E-state index in [1.807, 2.05) is 6.07 Å². The van der Waals surface area contributed by atoms with Crippen molar-refractivity contribution in [2.75, 3.05) is 19.1 Å². The zero-order chi connectivity index (χ0) is 12.2. The summed E-state index contributed by atoms with van der Waals surface area (Å²) in [5.74, 6) is 1.21. The maximum atomic E-state index is 11.9. The van der Waals surface area contributed by atoms with E-state index in [0.717, 1.165) is 24.0 Å². The van der Waals surface area contributed by atoms with E-state index in [0.29, 0.717) is 17.2 Å². The number of fused-ring (bicyclic) bond motifs is 3. The summed E-state index contributed by atoms with van der Waals surface area (Å²) in [5, 5.41) is 0. The lowest BCUT2D eigenvalue weighted by molar-refractivity contribution is -0.119. The van der Waals surface area contributed by atoms with Gasteiger partial charge in [0.1, 0.15) is 5.75 Å². The summed E-state index contributed by atoms with van der Waals surface area (Å²) in [5.41, 5.74) is 2.46. The van der Waals surface area contributed by atoms with Crippen molar-refractivity contribution in [3.05, 3.63) is 23.3 Å². The van der Waals surface area contributed by atoms with Crippen LogP contribution in [0.5, 0.6) is 5.75 Å². The van der Waals surface area contributed by atoms with Crippen molar-refractivity contribution >= 4 is 17.9 Å². The van der Waals surface area contributed by atoms with Crippen molar-refractivity contribution in [2.45, 2.75) is 12.3 Å². The summed E-state index contributed by atoms with van der Waals surface area (Å²) in [6, 6.07) is 3.64. The third-order valence-corrected chi connectivity index (χ3v) is 3.71. The Morgan fingerprint density at radius 3 is 2.82 bits per heavy atom. The molecule has 1 fully saturated rings. The second-order valence-electron chi connectivity index (χ2n) is 4.62. The molecule has 0 spiro atoms. The fourth-order valence-corrected chi connectivity index (χ4v) is 2.64. The number of methoxy groups -OCH3 is 1. The third-order valence-electron chi connectivity index (χ3n) is 3.71. The van der Waals surface area contributed by atoms with Gasteiger partial charge >= 0.3 is 0 Å². The van der Waals surface area contributed by atoms with Crippen LogP contribution >= 0.6 is 0 Å². The molecule has 4 heteroatoms. The molecule has 2 atom stereocenters. The molecule has 88 valence electrons. The van der Waals surface area contributed by atoms with Gasteiger partial charge in [0.25, 0.3) is 0 Å². The Kier molecular flexibility index (Phi) is 2.02. The highest BCUT2D eigenvalue weighted by atomic mass is 16.5. The molecular weight excluding hydrogens is 218 g/mol. The monoisotopic (exact) mass is 231 g/mol. The van der Waals surface area contributed by atoms with E-state index in [2.05, 4.69) is 0 Å². The van der Waals surface area contributed by atoms with Gasteiger partial charge in [0, 0.05) is 18.7 Å². The van der Waals surface area contributed by atoms with Gasteiger partial charge in [0.05, 0.1) is 12.7 Å². The number of rotatable bonds is 2. The normalized spacial score (nSPS) is 25.1. The Morgan fingerprint density at radius 1 is 1.41 bits per heavy atom. The Hall–Kier alpha value is -1.84. The van der Waals surface area contributed by atoms with Gasteiger partial charge in [-0.15, -0.1) is 0 Å². The average molecular weight is 231 g/mol. The van der Waals surface area contributed by atoms with Crippen molar-refractivity contribution < 1.29 is 14.3 Å². The van der Waals surface area contributed by atoms with E-state index in [-0.39, 0.29) is 11.8 Å². The van der Waals surface area contributed by atoms with E-state index < -0.39 is 0 Å². The molecule has 3 rings (SSSR count). The Bertz CT molecular complexity index is 524. The molecule has 1 aliphatic carbocycles. The maximum Gasteiger partial charge on any atom is 0.230 e. The van der Waals surface area contributed by atoms with Crippen LogP contribution in [-0.4, -0.2) is 26.4 Å². The molecule has 1 heterocycles. The molecule has 0 radical (unpaired) electrons.